The molecule has 3 nitrogen and oxygen atoms in total. The zero-order valence-electron chi connectivity index (χ0n) is 3.74. The zero-order chi connectivity index (χ0) is 5.70. The van der Waals surface area contributed by atoms with Crippen molar-refractivity contribution in [2.75, 3.05) is 13.2 Å². The first-order valence-electron chi connectivity index (χ1n) is 1.86. The molecule has 4 heteroatoms. The second-order valence-corrected chi connectivity index (χ2v) is 1.39. The van der Waals surface area contributed by atoms with E-state index in [1.807, 2.05) is 0 Å². The van der Waals surface area contributed by atoms with Gasteiger partial charge in [0.15, 0.2) is 0 Å². The Hall–Kier alpha value is 0.230. The highest BCUT2D eigenvalue weighted by molar-refractivity contribution is 7.75. The molecule has 0 unspecified atom stereocenters. The predicted octanol–water partition coefficient (Wildman–Crippen LogP) is -0.799. The Morgan fingerprint density at radius 2 is 2.29 bits per heavy atom. The second-order valence-electron chi connectivity index (χ2n) is 1.13. The predicted molar refractivity (Wildman–Crippen MR) is 28.0 cm³/mol. The second kappa shape index (κ2) is 4.39. The van der Waals surface area contributed by atoms with Crippen molar-refractivity contribution in [2.45, 2.75) is 6.10 Å². The van der Waals surface area contributed by atoms with E-state index in [1.54, 1.807) is 0 Å². The molecule has 7 heavy (non-hydrogen) atoms. The van der Waals surface area contributed by atoms with Crippen LogP contribution in [0.25, 0.3) is 0 Å². The summed E-state index contributed by atoms with van der Waals surface area (Å²) < 4.78 is 4.18. The van der Waals surface area contributed by atoms with Crippen LogP contribution in [0.15, 0.2) is 0 Å². The summed E-state index contributed by atoms with van der Waals surface area (Å²) in [7, 11) is 0. The van der Waals surface area contributed by atoms with Crippen LogP contribution in [0, 0.1) is 0 Å². The molecule has 0 rings (SSSR count). The van der Waals surface area contributed by atoms with Crippen LogP contribution >= 0.6 is 12.9 Å². The van der Waals surface area contributed by atoms with Crippen LogP contribution in [0.2, 0.25) is 0 Å². The first-order chi connectivity index (χ1) is 3.31. The molecule has 0 aliphatic carbocycles. The molecule has 0 aromatic heterocycles. The van der Waals surface area contributed by atoms with Gasteiger partial charge in [0.25, 0.3) is 0 Å². The van der Waals surface area contributed by atoms with Crippen LogP contribution in [0.4, 0.5) is 0 Å². The van der Waals surface area contributed by atoms with Crippen molar-refractivity contribution < 1.29 is 14.4 Å². The van der Waals surface area contributed by atoms with E-state index >= 15 is 0 Å². The molecule has 0 saturated carbocycles. The molecule has 0 aliphatic heterocycles. The number of hydrogen-bond acceptors (Lipinski definition) is 4. The van der Waals surface area contributed by atoms with Crippen molar-refractivity contribution in [3.8, 4) is 0 Å². The SMILES string of the molecule is OC[C@H](O)COS. The highest BCUT2D eigenvalue weighted by atomic mass is 32.1. The quantitative estimate of drug-likeness (QED) is 0.341. The minimum Gasteiger partial charge on any atom is -0.394 e. The van der Waals surface area contributed by atoms with Gasteiger partial charge in [-0.05, 0) is 12.9 Å². The largest absolute Gasteiger partial charge is 0.394 e. The third-order valence-electron chi connectivity index (χ3n) is 0.478. The van der Waals surface area contributed by atoms with Gasteiger partial charge in [0, 0.05) is 0 Å². The fraction of sp³-hybridized carbons (Fsp3) is 1.00. The van der Waals surface area contributed by atoms with Crippen LogP contribution in [-0.4, -0.2) is 29.5 Å². The molecule has 0 aromatic carbocycles. The standard InChI is InChI=1S/C3H8O3S/c4-1-3(5)2-6-7/h3-5,7H,1-2H2/t3-/m0/s1. The Morgan fingerprint density at radius 3 is 2.43 bits per heavy atom. The van der Waals surface area contributed by atoms with E-state index in [4.69, 9.17) is 10.2 Å². The van der Waals surface area contributed by atoms with Crippen molar-refractivity contribution in [1.82, 2.24) is 0 Å². The minimum absolute atomic E-state index is 0.0691. The lowest BCUT2D eigenvalue weighted by atomic mass is 10.4. The van der Waals surface area contributed by atoms with Gasteiger partial charge >= 0.3 is 0 Å². The molecule has 2 N–H and O–H groups in total. The van der Waals surface area contributed by atoms with Gasteiger partial charge in [-0.25, -0.2) is 0 Å². The summed E-state index contributed by atoms with van der Waals surface area (Å²) in [5, 5.41) is 16.5. The topological polar surface area (TPSA) is 49.7 Å². The fourth-order valence-electron chi connectivity index (χ4n) is 0.139. The zero-order valence-corrected chi connectivity index (χ0v) is 4.64. The number of aliphatic hydroxyl groups is 2. The van der Waals surface area contributed by atoms with Gasteiger partial charge in [0.2, 0.25) is 0 Å². The molecule has 0 amide bonds. The average molecular weight is 124 g/mol. The molecule has 0 bridgehead atoms. The number of thiol groups is 1. The molecule has 0 spiro atoms. The summed E-state index contributed by atoms with van der Waals surface area (Å²) in [6, 6.07) is 0. The van der Waals surface area contributed by atoms with Gasteiger partial charge in [-0.2, -0.15) is 0 Å². The Balaban J connectivity index is 2.83. The minimum atomic E-state index is -0.794. The Bertz CT molecular complexity index is 41.2. The van der Waals surface area contributed by atoms with Crippen LogP contribution < -0.4 is 0 Å². The van der Waals surface area contributed by atoms with Crippen LogP contribution in [-0.2, 0) is 4.18 Å². The van der Waals surface area contributed by atoms with Crippen LogP contribution in [0.1, 0.15) is 0 Å². The highest BCUT2D eigenvalue weighted by Crippen LogP contribution is 1.83. The Morgan fingerprint density at radius 1 is 1.71 bits per heavy atom. The average Bonchev–Trinajstić information content (AvgIpc) is 1.68. The molecule has 0 fully saturated rings. The molecule has 0 heterocycles. The number of rotatable bonds is 3. The van der Waals surface area contributed by atoms with E-state index in [2.05, 4.69) is 17.1 Å². The number of aliphatic hydroxyl groups excluding tert-OH is 2. The van der Waals surface area contributed by atoms with E-state index in [9.17, 15) is 0 Å². The summed E-state index contributed by atoms with van der Waals surface area (Å²) in [6.45, 7) is -0.208. The molecule has 0 aliphatic rings. The highest BCUT2D eigenvalue weighted by Gasteiger charge is 1.97. The maximum atomic E-state index is 8.43. The van der Waals surface area contributed by atoms with Crippen LogP contribution in [0.3, 0.4) is 0 Å². The van der Waals surface area contributed by atoms with E-state index in [0.29, 0.717) is 0 Å². The summed E-state index contributed by atoms with van der Waals surface area (Å²) in [5.74, 6) is 0. The summed E-state index contributed by atoms with van der Waals surface area (Å²) in [4.78, 5) is 0. The number of hydrogen-bond donors (Lipinski definition) is 3. The third-order valence-corrected chi connectivity index (χ3v) is 0.627. The lowest BCUT2D eigenvalue weighted by Gasteiger charge is -2.00. The lowest BCUT2D eigenvalue weighted by Crippen LogP contribution is -2.16. The van der Waals surface area contributed by atoms with Crippen molar-refractivity contribution in [3.63, 3.8) is 0 Å². The van der Waals surface area contributed by atoms with Gasteiger partial charge in [0.1, 0.15) is 6.10 Å². The van der Waals surface area contributed by atoms with Crippen molar-refractivity contribution in [3.05, 3.63) is 0 Å². The molecule has 44 valence electrons. The maximum Gasteiger partial charge on any atom is 0.102 e. The molecular weight excluding hydrogens is 116 g/mol. The van der Waals surface area contributed by atoms with Gasteiger partial charge in [-0.15, -0.1) is 0 Å². The fourth-order valence-corrected chi connectivity index (χ4v) is 0.311. The normalized spacial score (nSPS) is 14.1. The van der Waals surface area contributed by atoms with Gasteiger partial charge in [-0.1, -0.05) is 0 Å². The summed E-state index contributed by atoms with van der Waals surface area (Å²) in [6.07, 6.45) is -0.794. The molecule has 1 atom stereocenters. The molecule has 0 aromatic rings. The van der Waals surface area contributed by atoms with Crippen LogP contribution in [0.5, 0.6) is 0 Å². The van der Waals surface area contributed by atoms with Gasteiger partial charge < -0.3 is 14.4 Å². The summed E-state index contributed by atoms with van der Waals surface area (Å²) in [5.41, 5.74) is 0. The lowest BCUT2D eigenvalue weighted by molar-refractivity contribution is 0.0611. The Labute approximate surface area is 47.5 Å². The van der Waals surface area contributed by atoms with E-state index in [-0.39, 0.29) is 13.2 Å². The molecule has 0 radical (unpaired) electrons. The maximum absolute atomic E-state index is 8.43. The van der Waals surface area contributed by atoms with E-state index in [1.165, 1.54) is 0 Å². The summed E-state index contributed by atoms with van der Waals surface area (Å²) >= 11 is 3.34. The molecular formula is C3H8O3S. The monoisotopic (exact) mass is 124 g/mol. The smallest absolute Gasteiger partial charge is 0.102 e. The van der Waals surface area contributed by atoms with E-state index < -0.39 is 6.10 Å². The van der Waals surface area contributed by atoms with Gasteiger partial charge in [-0.3, -0.25) is 0 Å². The van der Waals surface area contributed by atoms with Crippen molar-refractivity contribution in [2.24, 2.45) is 0 Å². The van der Waals surface area contributed by atoms with Gasteiger partial charge in [0.05, 0.1) is 13.2 Å². The Kier molecular flexibility index (Phi) is 4.53. The first-order valence-corrected chi connectivity index (χ1v) is 2.23. The third kappa shape index (κ3) is 4.08. The first kappa shape index (κ1) is 7.23. The van der Waals surface area contributed by atoms with E-state index in [0.717, 1.165) is 0 Å². The van der Waals surface area contributed by atoms with Crippen molar-refractivity contribution >= 4 is 12.9 Å². The van der Waals surface area contributed by atoms with Crippen molar-refractivity contribution in [1.29, 1.82) is 0 Å². The molecule has 0 saturated heterocycles.